The molecule has 2 amide bonds. The third-order valence-corrected chi connectivity index (χ3v) is 7.25. The van der Waals surface area contributed by atoms with Crippen molar-refractivity contribution in [2.75, 3.05) is 11.8 Å². The number of amides is 2. The average molecular weight is 565 g/mol. The Morgan fingerprint density at radius 2 is 1.56 bits per heavy atom. The van der Waals surface area contributed by atoms with Crippen LogP contribution in [0, 0.1) is 0 Å². The van der Waals surface area contributed by atoms with Crippen LogP contribution in [0.1, 0.15) is 22.2 Å². The second kappa shape index (κ2) is 13.7. The van der Waals surface area contributed by atoms with E-state index in [4.69, 9.17) is 14.3 Å². The fourth-order valence-electron chi connectivity index (χ4n) is 3.97. The summed E-state index contributed by atoms with van der Waals surface area (Å²) >= 11 is -0.739. The van der Waals surface area contributed by atoms with Crippen molar-refractivity contribution in [1.29, 1.82) is 0 Å². The van der Waals surface area contributed by atoms with Gasteiger partial charge >= 0.3 is 6.09 Å². The van der Waals surface area contributed by atoms with Crippen molar-refractivity contribution in [2.24, 2.45) is 0 Å². The second-order valence-electron chi connectivity index (χ2n) is 8.63. The average Bonchev–Trinajstić information content (AvgIpc) is 3.44. The molecule has 1 unspecified atom stereocenters. The molecule has 1 heterocycles. The molecular weight excluding hydrogens is 536 g/mol. The molecule has 9 nitrogen and oxygen atoms in total. The molecule has 0 aliphatic heterocycles. The van der Waals surface area contributed by atoms with Gasteiger partial charge in [0.25, 0.3) is 11.3 Å². The minimum atomic E-state index is -2.18. The highest BCUT2D eigenvalue weighted by Crippen LogP contribution is 2.28. The molecule has 0 aliphatic carbocycles. The van der Waals surface area contributed by atoms with Crippen LogP contribution in [0.3, 0.4) is 0 Å². The SMILES string of the molecule is COC(=O)N[C@@H](Cc1ccccc1)C(=O)N[C@@H](Cc1ccc(NS(=O)O)cc1)c1nc(-c2ccccc2)cs1. The van der Waals surface area contributed by atoms with Gasteiger partial charge in [-0.05, 0) is 29.7 Å². The summed E-state index contributed by atoms with van der Waals surface area (Å²) in [5, 5.41) is 8.37. The Balaban J connectivity index is 1.60. The van der Waals surface area contributed by atoms with Gasteiger partial charge in [-0.15, -0.1) is 11.3 Å². The maximum Gasteiger partial charge on any atom is 0.407 e. The van der Waals surface area contributed by atoms with Crippen molar-refractivity contribution in [1.82, 2.24) is 15.6 Å². The molecule has 4 aromatic rings. The molecule has 3 aromatic carbocycles. The number of anilines is 1. The summed E-state index contributed by atoms with van der Waals surface area (Å²) in [6.07, 6.45) is -0.0142. The molecule has 4 N–H and O–H groups in total. The zero-order valence-electron chi connectivity index (χ0n) is 21.1. The summed E-state index contributed by atoms with van der Waals surface area (Å²) in [6, 6.07) is 24.8. The Bertz CT molecular complexity index is 1400. The second-order valence-corrected chi connectivity index (χ2v) is 10.2. The summed E-state index contributed by atoms with van der Waals surface area (Å²) < 4.78 is 27.3. The third-order valence-electron chi connectivity index (χ3n) is 5.88. The quantitative estimate of drug-likeness (QED) is 0.195. The molecule has 3 atom stereocenters. The molecular formula is C28H28N4O5S2. The standard InChI is InChI=1S/C28H28N4O5S2/c1-37-28(34)31-23(16-19-8-4-2-5-9-19)26(33)29-24(17-20-12-14-22(15-13-20)32-39(35)36)27-30-25(18-38-27)21-10-6-3-7-11-21/h2-15,18,23-24,32H,16-17H2,1H3,(H,29,33)(H,31,34)(H,35,36)/t23-,24-/m0/s1. The third kappa shape index (κ3) is 8.21. The van der Waals surface area contributed by atoms with Crippen molar-refractivity contribution in [2.45, 2.75) is 24.9 Å². The van der Waals surface area contributed by atoms with E-state index in [1.807, 2.05) is 78.2 Å². The number of alkyl carbamates (subject to hydrolysis) is 1. The van der Waals surface area contributed by atoms with Crippen LogP contribution < -0.4 is 15.4 Å². The van der Waals surface area contributed by atoms with E-state index in [0.29, 0.717) is 17.1 Å². The number of carbonyl (C=O) groups excluding carboxylic acids is 2. The number of hydrogen-bond donors (Lipinski definition) is 4. The van der Waals surface area contributed by atoms with Gasteiger partial charge in [0.2, 0.25) is 5.91 Å². The summed E-state index contributed by atoms with van der Waals surface area (Å²) in [7, 11) is 1.25. The zero-order chi connectivity index (χ0) is 27.6. The summed E-state index contributed by atoms with van der Waals surface area (Å²) in [5.41, 5.74) is 4.02. The molecule has 0 saturated heterocycles. The highest BCUT2D eigenvalue weighted by atomic mass is 32.2. The zero-order valence-corrected chi connectivity index (χ0v) is 22.7. The first-order valence-corrected chi connectivity index (χ1v) is 14.1. The van der Waals surface area contributed by atoms with Crippen LogP contribution in [0.5, 0.6) is 0 Å². The molecule has 39 heavy (non-hydrogen) atoms. The Kier molecular flexibility index (Phi) is 9.79. The van der Waals surface area contributed by atoms with Gasteiger partial charge in [-0.1, -0.05) is 72.8 Å². The van der Waals surface area contributed by atoms with Crippen LogP contribution in [-0.2, 0) is 33.6 Å². The number of rotatable bonds is 11. The van der Waals surface area contributed by atoms with E-state index in [9.17, 15) is 13.8 Å². The number of methoxy groups -OCH3 is 1. The molecule has 4 rings (SSSR count). The predicted molar refractivity (Wildman–Crippen MR) is 152 cm³/mol. The van der Waals surface area contributed by atoms with Crippen molar-refractivity contribution in [3.05, 3.63) is 106 Å². The molecule has 202 valence electrons. The fourth-order valence-corrected chi connectivity index (χ4v) is 5.18. The lowest BCUT2D eigenvalue weighted by Crippen LogP contribution is -2.49. The predicted octanol–water partition coefficient (Wildman–Crippen LogP) is 4.73. The van der Waals surface area contributed by atoms with Gasteiger partial charge in [-0.2, -0.15) is 0 Å². The lowest BCUT2D eigenvalue weighted by atomic mass is 10.0. The highest BCUT2D eigenvalue weighted by Gasteiger charge is 2.26. The van der Waals surface area contributed by atoms with Crippen molar-refractivity contribution in [3.63, 3.8) is 0 Å². The molecule has 0 saturated carbocycles. The Morgan fingerprint density at radius 1 is 0.923 bits per heavy atom. The first kappa shape index (κ1) is 28.0. The van der Waals surface area contributed by atoms with E-state index in [0.717, 1.165) is 22.4 Å². The Morgan fingerprint density at radius 3 is 2.21 bits per heavy atom. The van der Waals surface area contributed by atoms with Crippen LogP contribution in [0.4, 0.5) is 10.5 Å². The van der Waals surface area contributed by atoms with Gasteiger partial charge in [-0.3, -0.25) is 14.1 Å². The lowest BCUT2D eigenvalue weighted by molar-refractivity contribution is -0.123. The lowest BCUT2D eigenvalue weighted by Gasteiger charge is -2.22. The van der Waals surface area contributed by atoms with E-state index in [2.05, 4.69) is 15.4 Å². The number of nitrogens with one attached hydrogen (secondary N) is 3. The molecule has 1 aromatic heterocycles. The van der Waals surface area contributed by atoms with Crippen LogP contribution >= 0.6 is 11.3 Å². The van der Waals surface area contributed by atoms with Gasteiger partial charge in [-0.25, -0.2) is 14.0 Å². The Hall–Kier alpha value is -4.06. The minimum absolute atomic E-state index is 0.278. The number of benzene rings is 3. The largest absolute Gasteiger partial charge is 0.453 e. The highest BCUT2D eigenvalue weighted by molar-refractivity contribution is 7.80. The fraction of sp³-hybridized carbons (Fsp3) is 0.179. The molecule has 0 bridgehead atoms. The van der Waals surface area contributed by atoms with E-state index in [1.54, 1.807) is 12.1 Å². The van der Waals surface area contributed by atoms with Gasteiger partial charge < -0.3 is 15.4 Å². The number of hydrogen-bond acceptors (Lipinski definition) is 6. The minimum Gasteiger partial charge on any atom is -0.453 e. The molecule has 0 radical (unpaired) electrons. The molecule has 0 fully saturated rings. The maximum atomic E-state index is 13.5. The van der Waals surface area contributed by atoms with Crippen molar-refractivity contribution in [3.8, 4) is 11.3 Å². The Labute approximate surface area is 233 Å². The van der Waals surface area contributed by atoms with Crippen LogP contribution in [0.25, 0.3) is 11.3 Å². The van der Waals surface area contributed by atoms with E-state index in [-0.39, 0.29) is 12.3 Å². The maximum absolute atomic E-state index is 13.5. The normalized spacial score (nSPS) is 13.1. The summed E-state index contributed by atoms with van der Waals surface area (Å²) in [6.45, 7) is 0. The van der Waals surface area contributed by atoms with Crippen molar-refractivity contribution < 1.29 is 23.1 Å². The van der Waals surface area contributed by atoms with E-state index >= 15 is 0 Å². The van der Waals surface area contributed by atoms with Crippen LogP contribution in [-0.4, -0.2) is 38.9 Å². The van der Waals surface area contributed by atoms with Gasteiger partial charge in [0.15, 0.2) is 0 Å². The van der Waals surface area contributed by atoms with E-state index in [1.165, 1.54) is 18.4 Å². The molecule has 11 heteroatoms. The first-order chi connectivity index (χ1) is 18.9. The smallest absolute Gasteiger partial charge is 0.407 e. The monoisotopic (exact) mass is 564 g/mol. The van der Waals surface area contributed by atoms with Crippen LogP contribution in [0.15, 0.2) is 90.3 Å². The molecule has 0 aliphatic rings. The van der Waals surface area contributed by atoms with Crippen molar-refractivity contribution >= 4 is 40.3 Å². The topological polar surface area (TPSA) is 130 Å². The van der Waals surface area contributed by atoms with Gasteiger partial charge in [0.1, 0.15) is 11.0 Å². The number of aromatic nitrogens is 1. The van der Waals surface area contributed by atoms with Gasteiger partial charge in [0.05, 0.1) is 18.8 Å². The molecule has 0 spiro atoms. The summed E-state index contributed by atoms with van der Waals surface area (Å²) in [5.74, 6) is -0.375. The number of thiazole rings is 1. The number of carbonyl (C=O) groups is 2. The first-order valence-electron chi connectivity index (χ1n) is 12.1. The van der Waals surface area contributed by atoms with Crippen LogP contribution in [0.2, 0.25) is 0 Å². The van der Waals surface area contributed by atoms with Gasteiger partial charge in [0, 0.05) is 23.1 Å². The number of ether oxygens (including phenoxy) is 1. The number of nitrogens with zero attached hydrogens (tertiary/aromatic N) is 1. The summed E-state index contributed by atoms with van der Waals surface area (Å²) in [4.78, 5) is 30.4. The van der Waals surface area contributed by atoms with E-state index < -0.39 is 29.4 Å².